The largest absolute Gasteiger partial charge is 0.466 e. The van der Waals surface area contributed by atoms with Crippen LogP contribution in [-0.4, -0.2) is 18.9 Å². The second kappa shape index (κ2) is 8.70. The lowest BCUT2D eigenvalue weighted by Gasteiger charge is -2.36. The van der Waals surface area contributed by atoms with Gasteiger partial charge in [-0.3, -0.25) is 4.79 Å². The third-order valence-electron chi connectivity index (χ3n) is 5.85. The summed E-state index contributed by atoms with van der Waals surface area (Å²) in [6, 6.07) is 12.7. The maximum Gasteiger partial charge on any atom is 0.336 e. The first-order chi connectivity index (χ1) is 14.8. The molecule has 0 amide bonds. The Kier molecular flexibility index (Phi) is 6.16. The monoisotopic (exact) mass is 475 g/mol. The molecule has 2 aromatic carbocycles. The van der Waals surface area contributed by atoms with E-state index in [1.54, 1.807) is 18.2 Å². The maximum absolute atomic E-state index is 13.4. The van der Waals surface area contributed by atoms with E-state index in [1.807, 2.05) is 31.2 Å². The highest BCUT2D eigenvalue weighted by Gasteiger charge is 2.41. The van der Waals surface area contributed by atoms with Crippen LogP contribution >= 0.6 is 34.8 Å². The molecule has 160 valence electrons. The Bertz CT molecular complexity index is 1140. The summed E-state index contributed by atoms with van der Waals surface area (Å²) in [4.78, 5) is 26.1. The van der Waals surface area contributed by atoms with Crippen LogP contribution in [0.2, 0.25) is 15.1 Å². The molecule has 1 N–H and O–H groups in total. The number of ether oxygens (including phenoxy) is 1. The van der Waals surface area contributed by atoms with Crippen molar-refractivity contribution in [1.82, 2.24) is 5.32 Å². The molecule has 2 atom stereocenters. The van der Waals surface area contributed by atoms with Crippen LogP contribution in [-0.2, 0) is 14.3 Å². The number of benzene rings is 2. The lowest BCUT2D eigenvalue weighted by Crippen LogP contribution is -2.36. The maximum atomic E-state index is 13.4. The topological polar surface area (TPSA) is 55.4 Å². The minimum Gasteiger partial charge on any atom is -0.466 e. The standard InChI is InChI=1S/C24H20Cl3NO3/c1-12-21(24(30)31-2)22(14-5-8-17(26)18(27)9-14)23-19(28-12)10-15(11-20(23)29)13-3-6-16(25)7-4-13/h3-9,15,22,28H,10-11H2,1-2H3. The molecule has 0 radical (unpaired) electrons. The Hall–Kier alpha value is -2.27. The Morgan fingerprint density at radius 3 is 2.32 bits per heavy atom. The van der Waals surface area contributed by atoms with Crippen LogP contribution in [0.3, 0.4) is 0 Å². The first-order valence-corrected chi connectivity index (χ1v) is 11.0. The summed E-state index contributed by atoms with van der Waals surface area (Å²) in [5.74, 6) is -1.05. The molecule has 0 saturated heterocycles. The quantitative estimate of drug-likeness (QED) is 0.537. The molecule has 31 heavy (non-hydrogen) atoms. The first kappa shape index (κ1) is 21.9. The van der Waals surface area contributed by atoms with E-state index in [-0.39, 0.29) is 11.7 Å². The van der Waals surface area contributed by atoms with E-state index in [2.05, 4.69) is 5.32 Å². The number of dihydropyridines is 1. The fourth-order valence-electron chi connectivity index (χ4n) is 4.42. The minimum absolute atomic E-state index is 0.0151. The van der Waals surface area contributed by atoms with Crippen molar-refractivity contribution in [2.75, 3.05) is 7.11 Å². The van der Waals surface area contributed by atoms with E-state index in [1.165, 1.54) is 7.11 Å². The molecule has 0 fully saturated rings. The van der Waals surface area contributed by atoms with Gasteiger partial charge in [0.05, 0.1) is 22.7 Å². The molecule has 2 aromatic rings. The van der Waals surface area contributed by atoms with Gasteiger partial charge in [-0.2, -0.15) is 0 Å². The van der Waals surface area contributed by atoms with Crippen LogP contribution in [0, 0.1) is 0 Å². The summed E-state index contributed by atoms with van der Waals surface area (Å²) >= 11 is 18.4. The van der Waals surface area contributed by atoms with Crippen molar-refractivity contribution in [2.45, 2.75) is 31.6 Å². The number of methoxy groups -OCH3 is 1. The van der Waals surface area contributed by atoms with Crippen LogP contribution in [0.15, 0.2) is 65.0 Å². The van der Waals surface area contributed by atoms with Gasteiger partial charge >= 0.3 is 5.97 Å². The zero-order valence-electron chi connectivity index (χ0n) is 17.0. The Labute approximate surface area is 195 Å². The van der Waals surface area contributed by atoms with E-state index in [4.69, 9.17) is 39.5 Å². The van der Waals surface area contributed by atoms with Crippen molar-refractivity contribution in [3.63, 3.8) is 0 Å². The zero-order chi connectivity index (χ0) is 22.3. The molecular weight excluding hydrogens is 457 g/mol. The third-order valence-corrected chi connectivity index (χ3v) is 6.84. The Balaban J connectivity index is 1.81. The predicted octanol–water partition coefficient (Wildman–Crippen LogP) is 6.18. The number of ketones is 1. The molecular formula is C24H20Cl3NO3. The van der Waals surface area contributed by atoms with Gasteiger partial charge in [0, 0.05) is 34.3 Å². The summed E-state index contributed by atoms with van der Waals surface area (Å²) in [6.45, 7) is 1.82. The van der Waals surface area contributed by atoms with Gasteiger partial charge < -0.3 is 10.1 Å². The molecule has 4 rings (SSSR count). The smallest absolute Gasteiger partial charge is 0.336 e. The van der Waals surface area contributed by atoms with Crippen LogP contribution in [0.25, 0.3) is 0 Å². The van der Waals surface area contributed by atoms with Crippen LogP contribution < -0.4 is 5.32 Å². The normalized spacial score (nSPS) is 21.0. The van der Waals surface area contributed by atoms with Crippen molar-refractivity contribution >= 4 is 46.6 Å². The first-order valence-electron chi connectivity index (χ1n) is 9.83. The molecule has 7 heteroatoms. The van der Waals surface area contributed by atoms with Crippen LogP contribution in [0.1, 0.15) is 42.7 Å². The van der Waals surface area contributed by atoms with Crippen LogP contribution in [0.5, 0.6) is 0 Å². The highest BCUT2D eigenvalue weighted by molar-refractivity contribution is 6.42. The lowest BCUT2D eigenvalue weighted by molar-refractivity contribution is -0.136. The van der Waals surface area contributed by atoms with Crippen molar-refractivity contribution in [3.8, 4) is 0 Å². The molecule has 0 saturated carbocycles. The molecule has 0 bridgehead atoms. The molecule has 1 aliphatic carbocycles. The summed E-state index contributed by atoms with van der Waals surface area (Å²) in [5, 5.41) is 4.73. The van der Waals surface area contributed by atoms with Crippen LogP contribution in [0.4, 0.5) is 0 Å². The zero-order valence-corrected chi connectivity index (χ0v) is 19.2. The summed E-state index contributed by atoms with van der Waals surface area (Å²) < 4.78 is 5.04. The average molecular weight is 477 g/mol. The predicted molar refractivity (Wildman–Crippen MR) is 123 cm³/mol. The summed E-state index contributed by atoms with van der Waals surface area (Å²) in [7, 11) is 1.33. The number of carbonyl (C=O) groups excluding carboxylic acids is 2. The third kappa shape index (κ3) is 4.12. The number of hydrogen-bond acceptors (Lipinski definition) is 4. The van der Waals surface area contributed by atoms with Gasteiger partial charge in [0.15, 0.2) is 5.78 Å². The molecule has 0 spiro atoms. The molecule has 2 unspecified atom stereocenters. The number of Topliss-reactive ketones (excluding diaryl/α,β-unsaturated/α-hetero) is 1. The summed E-state index contributed by atoms with van der Waals surface area (Å²) in [5.41, 5.74) is 4.23. The number of carbonyl (C=O) groups is 2. The number of allylic oxidation sites excluding steroid dienone is 3. The fourth-order valence-corrected chi connectivity index (χ4v) is 4.85. The van der Waals surface area contributed by atoms with Crippen molar-refractivity contribution < 1.29 is 14.3 Å². The molecule has 1 heterocycles. The SMILES string of the molecule is COC(=O)C1=C(C)NC2=C(C(=O)CC(c3ccc(Cl)cc3)C2)C1c1ccc(Cl)c(Cl)c1. The van der Waals surface area contributed by atoms with Gasteiger partial charge in [-0.1, -0.05) is 53.0 Å². The Morgan fingerprint density at radius 1 is 1.00 bits per heavy atom. The van der Waals surface area contributed by atoms with Gasteiger partial charge in [0.2, 0.25) is 0 Å². The van der Waals surface area contributed by atoms with Crippen molar-refractivity contribution in [2.24, 2.45) is 0 Å². The highest BCUT2D eigenvalue weighted by Crippen LogP contribution is 2.46. The van der Waals surface area contributed by atoms with Gasteiger partial charge in [-0.05, 0) is 54.7 Å². The minimum atomic E-state index is -0.572. The molecule has 1 aliphatic heterocycles. The molecule has 2 aliphatic rings. The van der Waals surface area contributed by atoms with E-state index in [0.717, 1.165) is 16.8 Å². The second-order valence-corrected chi connectivity index (χ2v) is 8.98. The molecule has 0 aromatic heterocycles. The van der Waals surface area contributed by atoms with E-state index >= 15 is 0 Å². The number of hydrogen-bond donors (Lipinski definition) is 1. The van der Waals surface area contributed by atoms with E-state index < -0.39 is 11.9 Å². The van der Waals surface area contributed by atoms with E-state index in [0.29, 0.717) is 44.8 Å². The fraction of sp³-hybridized carbons (Fsp3) is 0.250. The second-order valence-electron chi connectivity index (χ2n) is 7.73. The average Bonchev–Trinajstić information content (AvgIpc) is 2.74. The van der Waals surface area contributed by atoms with Gasteiger partial charge in [0.1, 0.15) is 0 Å². The lowest BCUT2D eigenvalue weighted by atomic mass is 9.72. The van der Waals surface area contributed by atoms with Crippen molar-refractivity contribution in [1.29, 1.82) is 0 Å². The summed E-state index contributed by atoms with van der Waals surface area (Å²) in [6.07, 6.45) is 0.986. The number of rotatable bonds is 3. The van der Waals surface area contributed by atoms with Gasteiger partial charge in [-0.25, -0.2) is 4.79 Å². The number of halogens is 3. The van der Waals surface area contributed by atoms with Gasteiger partial charge in [0.25, 0.3) is 0 Å². The molecule has 4 nitrogen and oxygen atoms in total. The van der Waals surface area contributed by atoms with E-state index in [9.17, 15) is 9.59 Å². The highest BCUT2D eigenvalue weighted by atomic mass is 35.5. The number of esters is 1. The Morgan fingerprint density at radius 2 is 1.68 bits per heavy atom. The van der Waals surface area contributed by atoms with Gasteiger partial charge in [-0.15, -0.1) is 0 Å². The van der Waals surface area contributed by atoms with Crippen molar-refractivity contribution in [3.05, 3.63) is 91.2 Å². The number of nitrogens with one attached hydrogen (secondary N) is 1.